The van der Waals surface area contributed by atoms with Crippen molar-refractivity contribution in [2.75, 3.05) is 13.7 Å². The van der Waals surface area contributed by atoms with Crippen LogP contribution < -0.4 is 0 Å². The highest BCUT2D eigenvalue weighted by Gasteiger charge is 2.44. The molecule has 2 unspecified atom stereocenters. The van der Waals surface area contributed by atoms with Gasteiger partial charge in [0, 0.05) is 21.9 Å². The van der Waals surface area contributed by atoms with Gasteiger partial charge < -0.3 is 9.84 Å². The molecule has 1 aromatic rings. The van der Waals surface area contributed by atoms with E-state index in [9.17, 15) is 18.3 Å². The van der Waals surface area contributed by atoms with Crippen LogP contribution in [0, 0.1) is 0 Å². The highest BCUT2D eigenvalue weighted by molar-refractivity contribution is 9.11. The molecular weight excluding hydrogens is 430 g/mol. The van der Waals surface area contributed by atoms with Gasteiger partial charge in [0.05, 0.1) is 18.1 Å². The van der Waals surface area contributed by atoms with Gasteiger partial charge in [-0.15, -0.1) is 0 Å². The number of nitrogens with zero attached hydrogens (tertiary/aromatic N) is 1. The molecule has 116 valence electrons. The van der Waals surface area contributed by atoms with Crippen LogP contribution in [0.25, 0.3) is 0 Å². The Bertz CT molecular complexity index is 664. The average Bonchev–Trinajstić information content (AvgIpc) is 2.83. The summed E-state index contributed by atoms with van der Waals surface area (Å²) >= 11 is 6.42. The number of hydrogen-bond donors (Lipinski definition) is 1. The quantitative estimate of drug-likeness (QED) is 0.717. The Kier molecular flexibility index (Phi) is 5.09. The fourth-order valence-electron chi connectivity index (χ4n) is 2.20. The van der Waals surface area contributed by atoms with Crippen molar-refractivity contribution in [3.05, 3.63) is 27.1 Å². The minimum absolute atomic E-state index is 0.0253. The first kappa shape index (κ1) is 16.9. The fraction of sp³-hybridized carbons (Fsp3) is 0.417. The molecule has 0 spiro atoms. The predicted octanol–water partition coefficient (Wildman–Crippen LogP) is 1.51. The molecule has 0 saturated carbocycles. The number of rotatable bonds is 3. The lowest BCUT2D eigenvalue weighted by Gasteiger charge is -2.22. The molecule has 1 aromatic carbocycles. The van der Waals surface area contributed by atoms with Gasteiger partial charge in [0.1, 0.15) is 6.04 Å². The molecule has 0 radical (unpaired) electrons. The summed E-state index contributed by atoms with van der Waals surface area (Å²) in [6, 6.07) is 3.72. The van der Waals surface area contributed by atoms with E-state index >= 15 is 0 Å². The molecule has 6 nitrogen and oxygen atoms in total. The fourth-order valence-corrected chi connectivity index (χ4v) is 5.29. The number of benzene rings is 1. The van der Waals surface area contributed by atoms with E-state index in [-0.39, 0.29) is 17.9 Å². The molecule has 0 aliphatic carbocycles. The first-order valence-corrected chi connectivity index (χ1v) is 9.02. The lowest BCUT2D eigenvalue weighted by molar-refractivity contribution is -0.144. The third-order valence-electron chi connectivity index (χ3n) is 3.19. The zero-order valence-electron chi connectivity index (χ0n) is 11.0. The number of carbonyl (C=O) groups excluding carboxylic acids is 1. The summed E-state index contributed by atoms with van der Waals surface area (Å²) in [5.41, 5.74) is 0. The second-order valence-corrected chi connectivity index (χ2v) is 8.21. The summed E-state index contributed by atoms with van der Waals surface area (Å²) in [4.78, 5) is 11.8. The van der Waals surface area contributed by atoms with Crippen LogP contribution in [0.1, 0.15) is 6.42 Å². The number of aliphatic hydroxyl groups is 1. The lowest BCUT2D eigenvalue weighted by Crippen LogP contribution is -2.41. The van der Waals surface area contributed by atoms with E-state index in [1.54, 1.807) is 12.1 Å². The summed E-state index contributed by atoms with van der Waals surface area (Å²) in [6.07, 6.45) is -0.868. The van der Waals surface area contributed by atoms with Crippen molar-refractivity contribution < 1.29 is 23.1 Å². The Labute approximate surface area is 139 Å². The molecule has 9 heteroatoms. The Morgan fingerprint density at radius 2 is 2.10 bits per heavy atom. The second kappa shape index (κ2) is 6.33. The molecule has 0 amide bonds. The summed E-state index contributed by atoms with van der Waals surface area (Å²) in [7, 11) is -2.75. The van der Waals surface area contributed by atoms with E-state index in [1.807, 2.05) is 0 Å². The van der Waals surface area contributed by atoms with Crippen molar-refractivity contribution in [1.29, 1.82) is 0 Å². The van der Waals surface area contributed by atoms with Crippen LogP contribution in [0.5, 0.6) is 0 Å². The SMILES string of the molecule is COC(=O)C1CC(O)CN1S(=O)(=O)c1cc(Br)ccc1Br. The van der Waals surface area contributed by atoms with E-state index in [2.05, 4.69) is 36.6 Å². The molecule has 1 heterocycles. The van der Waals surface area contributed by atoms with Gasteiger partial charge in [0.15, 0.2) is 0 Å². The average molecular weight is 443 g/mol. The number of methoxy groups -OCH3 is 1. The van der Waals surface area contributed by atoms with Crippen LogP contribution in [0.3, 0.4) is 0 Å². The molecular formula is C12H13Br2NO5S. The summed E-state index contributed by atoms with van der Waals surface area (Å²) in [6.45, 7) is -0.138. The van der Waals surface area contributed by atoms with Gasteiger partial charge in [-0.25, -0.2) is 8.42 Å². The van der Waals surface area contributed by atoms with E-state index in [0.29, 0.717) is 8.95 Å². The van der Waals surface area contributed by atoms with Crippen molar-refractivity contribution in [3.8, 4) is 0 Å². The maximum absolute atomic E-state index is 12.7. The number of carbonyl (C=O) groups is 1. The third kappa shape index (κ3) is 3.31. The second-order valence-electron chi connectivity index (χ2n) is 4.58. The minimum Gasteiger partial charge on any atom is -0.468 e. The zero-order chi connectivity index (χ0) is 15.8. The van der Waals surface area contributed by atoms with Crippen molar-refractivity contribution in [1.82, 2.24) is 4.31 Å². The Balaban J connectivity index is 2.47. The lowest BCUT2D eigenvalue weighted by atomic mass is 10.2. The molecule has 0 aromatic heterocycles. The minimum atomic E-state index is -3.93. The number of ether oxygens (including phenoxy) is 1. The molecule has 1 aliphatic rings. The van der Waals surface area contributed by atoms with Gasteiger partial charge in [0.2, 0.25) is 10.0 Å². The first-order chi connectivity index (χ1) is 9.77. The third-order valence-corrected chi connectivity index (χ3v) is 6.55. The van der Waals surface area contributed by atoms with Gasteiger partial charge in [-0.2, -0.15) is 4.31 Å². The monoisotopic (exact) mass is 441 g/mol. The summed E-state index contributed by atoms with van der Waals surface area (Å²) in [5, 5.41) is 9.71. The first-order valence-electron chi connectivity index (χ1n) is 6.00. The molecule has 0 bridgehead atoms. The number of esters is 1. The molecule has 1 N–H and O–H groups in total. The Hall–Kier alpha value is -0.480. The van der Waals surface area contributed by atoms with Crippen molar-refractivity contribution >= 4 is 47.9 Å². The largest absolute Gasteiger partial charge is 0.468 e. The van der Waals surface area contributed by atoms with Gasteiger partial charge in [0.25, 0.3) is 0 Å². The maximum Gasteiger partial charge on any atom is 0.324 e. The molecule has 21 heavy (non-hydrogen) atoms. The van der Waals surface area contributed by atoms with Crippen molar-refractivity contribution in [3.63, 3.8) is 0 Å². The van der Waals surface area contributed by atoms with Crippen LogP contribution >= 0.6 is 31.9 Å². The molecule has 1 fully saturated rings. The number of sulfonamides is 1. The van der Waals surface area contributed by atoms with Crippen LogP contribution in [0.2, 0.25) is 0 Å². The maximum atomic E-state index is 12.7. The molecule has 2 atom stereocenters. The van der Waals surface area contributed by atoms with Crippen molar-refractivity contribution in [2.24, 2.45) is 0 Å². The van der Waals surface area contributed by atoms with E-state index in [4.69, 9.17) is 0 Å². The van der Waals surface area contributed by atoms with Gasteiger partial charge in [-0.1, -0.05) is 15.9 Å². The highest BCUT2D eigenvalue weighted by atomic mass is 79.9. The molecule has 1 aliphatic heterocycles. The van der Waals surface area contributed by atoms with E-state index in [1.165, 1.54) is 13.2 Å². The summed E-state index contributed by atoms with van der Waals surface area (Å²) in [5.74, 6) is -0.679. The van der Waals surface area contributed by atoms with Gasteiger partial charge >= 0.3 is 5.97 Å². The molecule has 1 saturated heterocycles. The normalized spacial score (nSPS) is 23.2. The van der Waals surface area contributed by atoms with Gasteiger partial charge in [-0.05, 0) is 34.1 Å². The summed E-state index contributed by atoms with van der Waals surface area (Å²) < 4.78 is 32.1. The van der Waals surface area contributed by atoms with Crippen LogP contribution in [0.15, 0.2) is 32.0 Å². The number of aliphatic hydroxyl groups excluding tert-OH is 1. The molecule has 2 rings (SSSR count). The van der Waals surface area contributed by atoms with Crippen LogP contribution in [-0.2, 0) is 19.6 Å². The number of hydrogen-bond acceptors (Lipinski definition) is 5. The standard InChI is InChI=1S/C12H13Br2NO5S/c1-20-12(17)10-5-8(16)6-15(10)21(18,19)11-4-7(13)2-3-9(11)14/h2-4,8,10,16H,5-6H2,1H3. The van der Waals surface area contributed by atoms with Crippen molar-refractivity contribution in [2.45, 2.75) is 23.5 Å². The topological polar surface area (TPSA) is 83.9 Å². The number of β-amino-alcohol motifs (C(OH)–C–C–N with tert-alkyl or cyclic N) is 1. The zero-order valence-corrected chi connectivity index (χ0v) is 15.0. The van der Waals surface area contributed by atoms with Gasteiger partial charge in [-0.3, -0.25) is 4.79 Å². The van der Waals surface area contributed by atoms with Crippen LogP contribution in [0.4, 0.5) is 0 Å². The van der Waals surface area contributed by atoms with E-state index in [0.717, 1.165) is 4.31 Å². The smallest absolute Gasteiger partial charge is 0.324 e. The van der Waals surface area contributed by atoms with Crippen LogP contribution in [-0.4, -0.2) is 49.6 Å². The predicted molar refractivity (Wildman–Crippen MR) is 82.2 cm³/mol. The van der Waals surface area contributed by atoms with E-state index < -0.39 is 28.1 Å². The Morgan fingerprint density at radius 1 is 1.43 bits per heavy atom. The number of halogens is 2. The Morgan fingerprint density at radius 3 is 2.71 bits per heavy atom. The highest BCUT2D eigenvalue weighted by Crippen LogP contribution is 2.32.